The molecule has 0 radical (unpaired) electrons. The molecule has 1 saturated heterocycles. The van der Waals surface area contributed by atoms with Crippen LogP contribution in [0.5, 0.6) is 0 Å². The van der Waals surface area contributed by atoms with Gasteiger partial charge in [-0.05, 0) is 17.7 Å². The molecule has 1 aromatic carbocycles. The molecule has 7 heteroatoms. The summed E-state index contributed by atoms with van der Waals surface area (Å²) in [6.45, 7) is 0. The van der Waals surface area contributed by atoms with E-state index in [0.29, 0.717) is 10.3 Å². The molecule has 0 saturated carbocycles. The maximum atomic E-state index is 6.33. The van der Waals surface area contributed by atoms with Crippen LogP contribution in [0.2, 0.25) is 10.0 Å². The fourth-order valence-corrected chi connectivity index (χ4v) is 5.71. The Balaban J connectivity index is 1.91. The summed E-state index contributed by atoms with van der Waals surface area (Å²) in [6, 6.07) is 5.70. The first-order chi connectivity index (χ1) is 10.7. The van der Waals surface area contributed by atoms with Crippen molar-refractivity contribution < 1.29 is 0 Å². The average molecular weight is 370 g/mol. The Morgan fingerprint density at radius 3 is 3.00 bits per heavy atom. The normalized spacial score (nSPS) is 20.8. The number of benzene rings is 1. The molecule has 0 amide bonds. The van der Waals surface area contributed by atoms with E-state index in [2.05, 4.69) is 9.98 Å². The predicted molar refractivity (Wildman–Crippen MR) is 99.1 cm³/mol. The van der Waals surface area contributed by atoms with Crippen LogP contribution in [-0.2, 0) is 0 Å². The molecule has 0 N–H and O–H groups in total. The fraction of sp³-hybridized carbons (Fsp3) is 0.200. The maximum absolute atomic E-state index is 6.33. The first-order valence-electron chi connectivity index (χ1n) is 6.58. The number of nitrogens with zero attached hydrogens (tertiary/aromatic N) is 3. The number of aliphatic imine (C=N–C) groups is 1. The molecule has 3 nitrogen and oxygen atoms in total. The number of thioether (sulfide) groups is 2. The van der Waals surface area contributed by atoms with Crippen LogP contribution in [-0.4, -0.2) is 28.6 Å². The van der Waals surface area contributed by atoms with E-state index < -0.39 is 0 Å². The predicted octanol–water partition coefficient (Wildman–Crippen LogP) is 5.24. The monoisotopic (exact) mass is 369 g/mol. The third-order valence-electron chi connectivity index (χ3n) is 3.17. The number of hydrogen-bond acceptors (Lipinski definition) is 4. The Morgan fingerprint density at radius 1 is 1.45 bits per heavy atom. The van der Waals surface area contributed by atoms with Gasteiger partial charge in [-0.3, -0.25) is 4.99 Å². The molecule has 2 aromatic rings. The highest BCUT2D eigenvalue weighted by Gasteiger charge is 2.27. The molecule has 3 rings (SSSR count). The van der Waals surface area contributed by atoms with Gasteiger partial charge in [0.15, 0.2) is 0 Å². The molecule has 1 fully saturated rings. The molecule has 1 aliphatic rings. The van der Waals surface area contributed by atoms with Crippen molar-refractivity contribution in [2.75, 3.05) is 12.8 Å². The summed E-state index contributed by atoms with van der Waals surface area (Å²) in [7, 11) is 1.77. The van der Waals surface area contributed by atoms with Crippen molar-refractivity contribution in [1.29, 1.82) is 0 Å². The van der Waals surface area contributed by atoms with Gasteiger partial charge in [0, 0.05) is 46.7 Å². The Labute approximate surface area is 147 Å². The van der Waals surface area contributed by atoms with Crippen LogP contribution in [0.4, 0.5) is 0 Å². The summed E-state index contributed by atoms with van der Waals surface area (Å²) in [5, 5.41) is 1.70. The van der Waals surface area contributed by atoms with E-state index in [9.17, 15) is 0 Å². The van der Waals surface area contributed by atoms with Crippen molar-refractivity contribution in [1.82, 2.24) is 9.55 Å². The van der Waals surface area contributed by atoms with Crippen LogP contribution >= 0.6 is 46.7 Å². The highest BCUT2D eigenvalue weighted by molar-refractivity contribution is 8.25. The van der Waals surface area contributed by atoms with Gasteiger partial charge in [-0.1, -0.05) is 29.3 Å². The van der Waals surface area contributed by atoms with Crippen LogP contribution in [0.15, 0.2) is 46.1 Å². The lowest BCUT2D eigenvalue weighted by Crippen LogP contribution is -1.96. The van der Waals surface area contributed by atoms with Gasteiger partial charge in [-0.15, -0.1) is 23.5 Å². The number of aromatic nitrogens is 2. The number of rotatable bonds is 3. The van der Waals surface area contributed by atoms with E-state index in [1.165, 1.54) is 4.24 Å². The van der Waals surface area contributed by atoms with Gasteiger partial charge in [0.25, 0.3) is 0 Å². The Morgan fingerprint density at radius 2 is 2.32 bits per heavy atom. The zero-order valence-corrected chi connectivity index (χ0v) is 14.9. The molecular weight excluding hydrogens is 357 g/mol. The number of hydrogen-bond donors (Lipinski definition) is 0. The average Bonchev–Trinajstić information content (AvgIpc) is 3.16. The minimum Gasteiger partial charge on any atom is -0.303 e. The van der Waals surface area contributed by atoms with Gasteiger partial charge in [0.2, 0.25) is 0 Å². The smallest absolute Gasteiger partial charge is 0.0992 e. The minimum atomic E-state index is 0.313. The minimum absolute atomic E-state index is 0.313. The molecule has 0 spiro atoms. The van der Waals surface area contributed by atoms with E-state index in [0.717, 1.165) is 22.0 Å². The van der Waals surface area contributed by atoms with Gasteiger partial charge in [0.1, 0.15) is 0 Å². The Bertz CT molecular complexity index is 726. The molecule has 2 heterocycles. The summed E-state index contributed by atoms with van der Waals surface area (Å²) >= 11 is 15.9. The van der Waals surface area contributed by atoms with E-state index in [-0.39, 0.29) is 0 Å². The van der Waals surface area contributed by atoms with E-state index in [4.69, 9.17) is 23.2 Å². The number of allylic oxidation sites excluding steroid dienone is 1. The van der Waals surface area contributed by atoms with Crippen molar-refractivity contribution in [2.45, 2.75) is 5.25 Å². The first-order valence-corrected chi connectivity index (χ1v) is 9.20. The maximum Gasteiger partial charge on any atom is 0.0992 e. The quantitative estimate of drug-likeness (QED) is 0.693. The summed E-state index contributed by atoms with van der Waals surface area (Å²) in [4.78, 5) is 8.27. The van der Waals surface area contributed by atoms with Crippen molar-refractivity contribution in [3.8, 4) is 0 Å². The molecule has 22 heavy (non-hydrogen) atoms. The zero-order chi connectivity index (χ0) is 15.5. The first kappa shape index (κ1) is 16.0. The second kappa shape index (κ2) is 7.13. The van der Waals surface area contributed by atoms with Gasteiger partial charge in [0.05, 0.1) is 16.3 Å². The molecule has 1 atom stereocenters. The standard InChI is InChI=1S/C15H13Cl2N3S2/c1-18-7-13(20-5-4-19-9-20)15-21-8-14(22-15)11-3-2-10(16)6-12(11)17/h2-7,9,14H,8H2,1H3/b15-13+,18-7+/t14-/m0/s1. The van der Waals surface area contributed by atoms with Gasteiger partial charge < -0.3 is 4.57 Å². The van der Waals surface area contributed by atoms with Crippen molar-refractivity contribution >= 4 is 58.6 Å². The molecule has 0 aliphatic carbocycles. The molecule has 0 bridgehead atoms. The topological polar surface area (TPSA) is 30.2 Å². The van der Waals surface area contributed by atoms with Gasteiger partial charge in [-0.2, -0.15) is 0 Å². The summed E-state index contributed by atoms with van der Waals surface area (Å²) in [5.74, 6) is 0.969. The fourth-order valence-electron chi connectivity index (χ4n) is 2.15. The summed E-state index contributed by atoms with van der Waals surface area (Å²) in [5.41, 5.74) is 2.17. The number of imidazole rings is 1. The second-order valence-corrected chi connectivity index (χ2v) is 7.96. The Hall–Kier alpha value is -0.880. The molecule has 114 valence electrons. The number of halogens is 2. The summed E-state index contributed by atoms with van der Waals surface area (Å²) < 4.78 is 3.20. The zero-order valence-electron chi connectivity index (χ0n) is 11.7. The molecular formula is C15H13Cl2N3S2. The van der Waals surface area contributed by atoms with E-state index >= 15 is 0 Å². The van der Waals surface area contributed by atoms with E-state index in [1.807, 2.05) is 40.9 Å². The van der Waals surface area contributed by atoms with Crippen LogP contribution in [0.25, 0.3) is 5.70 Å². The van der Waals surface area contributed by atoms with Crippen LogP contribution in [0.3, 0.4) is 0 Å². The highest BCUT2D eigenvalue weighted by Crippen LogP contribution is 2.53. The van der Waals surface area contributed by atoms with Crippen molar-refractivity contribution in [3.63, 3.8) is 0 Å². The molecule has 0 unspecified atom stereocenters. The SMILES string of the molecule is C/N=C/C(=C1/SC[C@@H](c2ccc(Cl)cc2Cl)S1)n1ccnc1. The third kappa shape index (κ3) is 3.38. The second-order valence-electron chi connectivity index (χ2n) is 4.61. The lowest BCUT2D eigenvalue weighted by Gasteiger charge is -2.11. The van der Waals surface area contributed by atoms with Gasteiger partial charge >= 0.3 is 0 Å². The van der Waals surface area contributed by atoms with Crippen molar-refractivity contribution in [3.05, 3.63) is 56.8 Å². The van der Waals surface area contributed by atoms with Crippen LogP contribution < -0.4 is 0 Å². The highest BCUT2D eigenvalue weighted by atomic mass is 35.5. The van der Waals surface area contributed by atoms with E-state index in [1.54, 1.807) is 37.4 Å². The van der Waals surface area contributed by atoms with Crippen LogP contribution in [0, 0.1) is 0 Å². The Kier molecular flexibility index (Phi) is 5.18. The lowest BCUT2D eigenvalue weighted by molar-refractivity contribution is 1.11. The lowest BCUT2D eigenvalue weighted by atomic mass is 10.2. The van der Waals surface area contributed by atoms with Crippen molar-refractivity contribution in [2.24, 2.45) is 4.99 Å². The largest absolute Gasteiger partial charge is 0.303 e. The molecule has 1 aliphatic heterocycles. The molecule has 1 aromatic heterocycles. The van der Waals surface area contributed by atoms with Crippen LogP contribution in [0.1, 0.15) is 10.8 Å². The summed E-state index contributed by atoms with van der Waals surface area (Å²) in [6.07, 6.45) is 7.34. The van der Waals surface area contributed by atoms with Gasteiger partial charge in [-0.25, -0.2) is 4.98 Å². The third-order valence-corrected chi connectivity index (χ3v) is 6.68.